The van der Waals surface area contributed by atoms with E-state index < -0.39 is 22.0 Å². The lowest BCUT2D eigenvalue weighted by atomic mass is 10.0. The summed E-state index contributed by atoms with van der Waals surface area (Å²) in [7, 11) is -2.76. The van der Waals surface area contributed by atoms with Crippen molar-refractivity contribution in [3.8, 4) is 0 Å². The number of hydrogen-bond acceptors (Lipinski definition) is 5. The number of methoxy groups -OCH3 is 1. The van der Waals surface area contributed by atoms with Gasteiger partial charge in [-0.15, -0.1) is 0 Å². The molecule has 1 aromatic rings. The second-order valence-electron chi connectivity index (χ2n) is 4.45. The first kappa shape index (κ1) is 18.2. The summed E-state index contributed by atoms with van der Waals surface area (Å²) in [6.45, 7) is 3.59. The number of nitrogens with one attached hydrogen (secondary N) is 1. The molecule has 2 unspecified atom stereocenters. The van der Waals surface area contributed by atoms with Crippen LogP contribution in [-0.2, 0) is 19.6 Å². The number of pyridine rings is 1. The minimum Gasteiger partial charge on any atom is -0.468 e. The van der Waals surface area contributed by atoms with Gasteiger partial charge in [-0.1, -0.05) is 43.5 Å². The molecule has 0 radical (unpaired) electrons. The van der Waals surface area contributed by atoms with E-state index in [1.165, 1.54) is 13.2 Å². The molecule has 2 atom stereocenters. The lowest BCUT2D eigenvalue weighted by Crippen LogP contribution is -2.45. The zero-order chi connectivity index (χ0) is 16.2. The average molecular weight is 355 g/mol. The first-order valence-electron chi connectivity index (χ1n) is 6.14. The molecule has 0 fully saturated rings. The van der Waals surface area contributed by atoms with E-state index >= 15 is 0 Å². The van der Waals surface area contributed by atoms with Crippen molar-refractivity contribution < 1.29 is 17.9 Å². The number of aromatic nitrogens is 1. The monoisotopic (exact) mass is 354 g/mol. The Morgan fingerprint density at radius 3 is 2.57 bits per heavy atom. The van der Waals surface area contributed by atoms with Gasteiger partial charge in [-0.3, -0.25) is 4.79 Å². The van der Waals surface area contributed by atoms with Crippen LogP contribution in [0, 0.1) is 5.92 Å². The molecule has 0 spiro atoms. The predicted molar refractivity (Wildman–Crippen MR) is 79.8 cm³/mol. The van der Waals surface area contributed by atoms with Gasteiger partial charge in [0.25, 0.3) is 0 Å². The molecule has 1 rings (SSSR count). The van der Waals surface area contributed by atoms with Crippen molar-refractivity contribution >= 4 is 39.2 Å². The molecular formula is C12H16Cl2N2O4S. The highest BCUT2D eigenvalue weighted by molar-refractivity contribution is 7.89. The van der Waals surface area contributed by atoms with Crippen LogP contribution in [0.3, 0.4) is 0 Å². The highest BCUT2D eigenvalue weighted by Gasteiger charge is 2.30. The van der Waals surface area contributed by atoms with Gasteiger partial charge in [0.05, 0.1) is 12.1 Å². The molecular weight excluding hydrogens is 339 g/mol. The Hall–Kier alpha value is -0.890. The van der Waals surface area contributed by atoms with Crippen molar-refractivity contribution in [3.63, 3.8) is 0 Å². The van der Waals surface area contributed by atoms with Crippen LogP contribution in [0.15, 0.2) is 17.2 Å². The van der Waals surface area contributed by atoms with Gasteiger partial charge in [0, 0.05) is 6.20 Å². The number of hydrogen-bond donors (Lipinski definition) is 1. The van der Waals surface area contributed by atoms with E-state index in [9.17, 15) is 13.2 Å². The summed E-state index contributed by atoms with van der Waals surface area (Å²) in [6, 6.07) is 0.184. The molecule has 0 saturated carbocycles. The Bertz CT molecular complexity index is 622. The Labute approximate surface area is 133 Å². The van der Waals surface area contributed by atoms with Crippen molar-refractivity contribution in [1.29, 1.82) is 0 Å². The van der Waals surface area contributed by atoms with Gasteiger partial charge >= 0.3 is 5.97 Å². The number of esters is 1. The maximum absolute atomic E-state index is 12.3. The molecule has 9 heteroatoms. The minimum atomic E-state index is -3.97. The predicted octanol–water partition coefficient (Wildman–Crippen LogP) is 2.25. The van der Waals surface area contributed by atoms with E-state index in [2.05, 4.69) is 14.4 Å². The van der Waals surface area contributed by atoms with Crippen molar-refractivity contribution in [2.75, 3.05) is 7.11 Å². The molecule has 118 valence electrons. The van der Waals surface area contributed by atoms with Crippen LogP contribution in [0.25, 0.3) is 0 Å². The number of carbonyl (C=O) groups excluding carboxylic acids is 1. The van der Waals surface area contributed by atoms with Gasteiger partial charge in [-0.05, 0) is 12.0 Å². The normalized spacial score (nSPS) is 14.5. The van der Waals surface area contributed by atoms with E-state index in [0.717, 1.165) is 6.20 Å². The summed E-state index contributed by atoms with van der Waals surface area (Å²) in [5, 5.41) is 0.0137. The third kappa shape index (κ3) is 4.54. The molecule has 0 amide bonds. The second kappa shape index (κ2) is 7.40. The number of carbonyl (C=O) groups is 1. The van der Waals surface area contributed by atoms with E-state index in [1.807, 2.05) is 6.92 Å². The SMILES string of the molecule is CCC(C)C(NS(=O)(=O)c1cnc(Cl)c(Cl)c1)C(=O)OC. The van der Waals surface area contributed by atoms with Crippen molar-refractivity contribution in [1.82, 2.24) is 9.71 Å². The van der Waals surface area contributed by atoms with Crippen LogP contribution in [-0.4, -0.2) is 32.5 Å². The highest BCUT2D eigenvalue weighted by Crippen LogP contribution is 2.23. The molecule has 1 N–H and O–H groups in total. The van der Waals surface area contributed by atoms with Gasteiger partial charge in [-0.25, -0.2) is 13.4 Å². The summed E-state index contributed by atoms with van der Waals surface area (Å²) in [5.41, 5.74) is 0. The van der Waals surface area contributed by atoms with Gasteiger partial charge in [0.15, 0.2) is 0 Å². The summed E-state index contributed by atoms with van der Waals surface area (Å²) in [4.78, 5) is 15.2. The lowest BCUT2D eigenvalue weighted by Gasteiger charge is -2.21. The second-order valence-corrected chi connectivity index (χ2v) is 6.93. The number of sulfonamides is 1. The summed E-state index contributed by atoms with van der Waals surface area (Å²) >= 11 is 11.4. The third-order valence-corrected chi connectivity index (χ3v) is 5.13. The van der Waals surface area contributed by atoms with E-state index in [0.29, 0.717) is 6.42 Å². The van der Waals surface area contributed by atoms with E-state index in [1.54, 1.807) is 6.92 Å². The van der Waals surface area contributed by atoms with Crippen LogP contribution >= 0.6 is 23.2 Å². The fraction of sp³-hybridized carbons (Fsp3) is 0.500. The van der Waals surface area contributed by atoms with Gasteiger partial charge in [-0.2, -0.15) is 4.72 Å². The zero-order valence-electron chi connectivity index (χ0n) is 11.8. The van der Waals surface area contributed by atoms with Gasteiger partial charge in [0.2, 0.25) is 10.0 Å². The first-order valence-corrected chi connectivity index (χ1v) is 8.38. The molecule has 0 aromatic carbocycles. The van der Waals surface area contributed by atoms with Gasteiger partial charge in [0.1, 0.15) is 16.1 Å². The lowest BCUT2D eigenvalue weighted by molar-refractivity contribution is -0.143. The van der Waals surface area contributed by atoms with Crippen LogP contribution in [0.5, 0.6) is 0 Å². The van der Waals surface area contributed by atoms with Crippen molar-refractivity contribution in [2.45, 2.75) is 31.2 Å². The van der Waals surface area contributed by atoms with Crippen molar-refractivity contribution in [3.05, 3.63) is 22.4 Å². The highest BCUT2D eigenvalue weighted by atomic mass is 35.5. The summed E-state index contributed by atoms with van der Waals surface area (Å²) in [6.07, 6.45) is 1.67. The molecule has 1 heterocycles. The topological polar surface area (TPSA) is 85.4 Å². The Kier molecular flexibility index (Phi) is 6.40. The molecule has 1 aromatic heterocycles. The third-order valence-electron chi connectivity index (χ3n) is 3.03. The number of rotatable bonds is 6. The Morgan fingerprint density at radius 1 is 1.48 bits per heavy atom. The first-order chi connectivity index (χ1) is 9.72. The summed E-state index contributed by atoms with van der Waals surface area (Å²) in [5.74, 6) is -0.885. The van der Waals surface area contributed by atoms with Gasteiger partial charge < -0.3 is 4.74 Å². The average Bonchev–Trinajstić information content (AvgIpc) is 2.45. The van der Waals surface area contributed by atoms with Crippen LogP contribution in [0.4, 0.5) is 0 Å². The summed E-state index contributed by atoms with van der Waals surface area (Å²) < 4.78 is 31.5. The number of halogens is 2. The zero-order valence-corrected chi connectivity index (χ0v) is 14.1. The van der Waals surface area contributed by atoms with E-state index in [4.69, 9.17) is 23.2 Å². The molecule has 6 nitrogen and oxygen atoms in total. The Balaban J connectivity index is 3.11. The van der Waals surface area contributed by atoms with Crippen molar-refractivity contribution in [2.24, 2.45) is 5.92 Å². The maximum atomic E-state index is 12.3. The van der Waals surface area contributed by atoms with E-state index in [-0.39, 0.29) is 21.0 Å². The number of nitrogens with zero attached hydrogens (tertiary/aromatic N) is 1. The fourth-order valence-electron chi connectivity index (χ4n) is 1.55. The standard InChI is InChI=1S/C12H16Cl2N2O4S/c1-4-7(2)10(12(17)20-3)16-21(18,19)8-5-9(13)11(14)15-6-8/h5-7,10,16H,4H2,1-3H3. The smallest absolute Gasteiger partial charge is 0.324 e. The largest absolute Gasteiger partial charge is 0.468 e. The van der Waals surface area contributed by atoms with Crippen LogP contribution in [0.1, 0.15) is 20.3 Å². The maximum Gasteiger partial charge on any atom is 0.324 e. The molecule has 0 aliphatic rings. The van der Waals surface area contributed by atoms with Crippen LogP contribution < -0.4 is 4.72 Å². The quantitative estimate of drug-likeness (QED) is 0.625. The molecule has 0 saturated heterocycles. The fourth-order valence-corrected chi connectivity index (χ4v) is 3.14. The minimum absolute atomic E-state index is 0.00191. The molecule has 0 aliphatic heterocycles. The molecule has 0 bridgehead atoms. The van der Waals surface area contributed by atoms with Crippen LogP contribution in [0.2, 0.25) is 10.2 Å². The molecule has 21 heavy (non-hydrogen) atoms. The number of ether oxygens (including phenoxy) is 1. The Morgan fingerprint density at radius 2 is 2.10 bits per heavy atom. The molecule has 0 aliphatic carbocycles.